The van der Waals surface area contributed by atoms with E-state index in [1.807, 2.05) is 10.9 Å². The van der Waals surface area contributed by atoms with E-state index in [9.17, 15) is 0 Å². The van der Waals surface area contributed by atoms with E-state index in [4.69, 9.17) is 9.47 Å². The third kappa shape index (κ3) is 3.03. The van der Waals surface area contributed by atoms with Crippen LogP contribution >= 0.6 is 0 Å². The molecule has 0 bridgehead atoms. The SMILES string of the molecule is c1nn(CC2CCCO2)cc1NC1CCOCC1. The van der Waals surface area contributed by atoms with Gasteiger partial charge in [-0.3, -0.25) is 4.68 Å². The number of rotatable bonds is 4. The van der Waals surface area contributed by atoms with Crippen molar-refractivity contribution in [3.05, 3.63) is 12.4 Å². The van der Waals surface area contributed by atoms with Crippen LogP contribution in [-0.2, 0) is 16.0 Å². The lowest BCUT2D eigenvalue weighted by molar-refractivity contribution is 0.0904. The van der Waals surface area contributed by atoms with Crippen molar-refractivity contribution in [2.24, 2.45) is 0 Å². The highest BCUT2D eigenvalue weighted by molar-refractivity contribution is 5.39. The summed E-state index contributed by atoms with van der Waals surface area (Å²) in [6.45, 7) is 3.50. The number of ether oxygens (including phenoxy) is 2. The minimum atomic E-state index is 0.348. The Morgan fingerprint density at radius 2 is 2.17 bits per heavy atom. The maximum absolute atomic E-state index is 5.62. The van der Waals surface area contributed by atoms with Gasteiger partial charge in [-0.05, 0) is 25.7 Å². The standard InChI is InChI=1S/C13H21N3O2/c1-2-13(18-5-1)10-16-9-12(8-14-16)15-11-3-6-17-7-4-11/h8-9,11,13,15H,1-7,10H2. The van der Waals surface area contributed by atoms with Gasteiger partial charge in [0.25, 0.3) is 0 Å². The monoisotopic (exact) mass is 251 g/mol. The molecule has 5 heteroatoms. The molecule has 2 aliphatic rings. The second-order valence-corrected chi connectivity index (χ2v) is 5.12. The lowest BCUT2D eigenvalue weighted by atomic mass is 10.1. The van der Waals surface area contributed by atoms with Crippen LogP contribution in [0.1, 0.15) is 25.7 Å². The largest absolute Gasteiger partial charge is 0.381 e. The van der Waals surface area contributed by atoms with Gasteiger partial charge < -0.3 is 14.8 Å². The molecule has 5 nitrogen and oxygen atoms in total. The average molecular weight is 251 g/mol. The number of nitrogens with zero attached hydrogens (tertiary/aromatic N) is 2. The van der Waals surface area contributed by atoms with Crippen molar-refractivity contribution in [2.75, 3.05) is 25.1 Å². The number of hydrogen-bond donors (Lipinski definition) is 1. The number of anilines is 1. The Kier molecular flexibility index (Phi) is 3.81. The van der Waals surface area contributed by atoms with E-state index in [-0.39, 0.29) is 0 Å². The van der Waals surface area contributed by atoms with E-state index in [2.05, 4.69) is 16.6 Å². The molecule has 2 fully saturated rings. The van der Waals surface area contributed by atoms with Crippen molar-refractivity contribution in [3.8, 4) is 0 Å². The van der Waals surface area contributed by atoms with Gasteiger partial charge >= 0.3 is 0 Å². The zero-order valence-electron chi connectivity index (χ0n) is 10.7. The van der Waals surface area contributed by atoms with Crippen LogP contribution < -0.4 is 5.32 Å². The number of aromatic nitrogens is 2. The fraction of sp³-hybridized carbons (Fsp3) is 0.769. The smallest absolute Gasteiger partial charge is 0.0771 e. The summed E-state index contributed by atoms with van der Waals surface area (Å²) in [5, 5.41) is 7.91. The molecular weight excluding hydrogens is 230 g/mol. The molecule has 0 radical (unpaired) electrons. The van der Waals surface area contributed by atoms with E-state index >= 15 is 0 Å². The summed E-state index contributed by atoms with van der Waals surface area (Å²) in [6.07, 6.45) is 8.83. The van der Waals surface area contributed by atoms with Gasteiger partial charge in [0.15, 0.2) is 0 Å². The van der Waals surface area contributed by atoms with Gasteiger partial charge in [-0.25, -0.2) is 0 Å². The molecule has 1 aromatic heterocycles. The van der Waals surface area contributed by atoms with Crippen LogP contribution in [0.3, 0.4) is 0 Å². The fourth-order valence-electron chi connectivity index (χ4n) is 2.61. The van der Waals surface area contributed by atoms with Crippen molar-refractivity contribution in [3.63, 3.8) is 0 Å². The Morgan fingerprint density at radius 3 is 2.94 bits per heavy atom. The molecule has 1 aromatic rings. The van der Waals surface area contributed by atoms with Gasteiger partial charge in [-0.15, -0.1) is 0 Å². The first-order chi connectivity index (χ1) is 8.90. The molecule has 1 atom stereocenters. The highest BCUT2D eigenvalue weighted by atomic mass is 16.5. The molecule has 0 aromatic carbocycles. The van der Waals surface area contributed by atoms with E-state index in [0.29, 0.717) is 12.1 Å². The highest BCUT2D eigenvalue weighted by Gasteiger charge is 2.17. The molecule has 2 aliphatic heterocycles. The predicted octanol–water partition coefficient (Wildman–Crippen LogP) is 1.65. The Hall–Kier alpha value is -1.07. The maximum atomic E-state index is 5.62. The summed E-state index contributed by atoms with van der Waals surface area (Å²) in [5.74, 6) is 0. The second-order valence-electron chi connectivity index (χ2n) is 5.12. The van der Waals surface area contributed by atoms with Gasteiger partial charge in [0.1, 0.15) is 0 Å². The van der Waals surface area contributed by atoms with Crippen LogP contribution in [0, 0.1) is 0 Å². The summed E-state index contributed by atoms with van der Waals surface area (Å²) in [5.41, 5.74) is 1.11. The van der Waals surface area contributed by atoms with Gasteiger partial charge in [0.2, 0.25) is 0 Å². The summed E-state index contributed by atoms with van der Waals surface area (Å²) >= 11 is 0. The minimum absolute atomic E-state index is 0.348. The molecule has 1 unspecified atom stereocenters. The van der Waals surface area contributed by atoms with Gasteiger partial charge in [0, 0.05) is 32.1 Å². The lowest BCUT2D eigenvalue weighted by Gasteiger charge is -2.23. The molecule has 1 N–H and O–H groups in total. The summed E-state index contributed by atoms with van der Waals surface area (Å²) < 4.78 is 13.0. The Balaban J connectivity index is 1.52. The van der Waals surface area contributed by atoms with Crippen LogP contribution in [0.15, 0.2) is 12.4 Å². The zero-order chi connectivity index (χ0) is 12.2. The third-order valence-electron chi connectivity index (χ3n) is 3.64. The summed E-state index contributed by atoms with van der Waals surface area (Å²) in [4.78, 5) is 0. The van der Waals surface area contributed by atoms with E-state index in [0.717, 1.165) is 51.3 Å². The molecule has 0 amide bonds. The first kappa shape index (κ1) is 12.0. The van der Waals surface area contributed by atoms with Crippen molar-refractivity contribution in [1.29, 1.82) is 0 Å². The Labute approximate surface area is 107 Å². The van der Waals surface area contributed by atoms with Gasteiger partial charge in [0.05, 0.1) is 24.5 Å². The lowest BCUT2D eigenvalue weighted by Crippen LogP contribution is -2.27. The molecule has 0 spiro atoms. The average Bonchev–Trinajstić information content (AvgIpc) is 3.03. The van der Waals surface area contributed by atoms with Gasteiger partial charge in [-0.1, -0.05) is 0 Å². The molecule has 0 saturated carbocycles. The number of nitrogens with one attached hydrogen (secondary N) is 1. The van der Waals surface area contributed by atoms with E-state index in [1.54, 1.807) is 0 Å². The van der Waals surface area contributed by atoms with Crippen LogP contribution in [0.25, 0.3) is 0 Å². The van der Waals surface area contributed by atoms with Crippen LogP contribution in [0.4, 0.5) is 5.69 Å². The quantitative estimate of drug-likeness (QED) is 0.884. The normalized spacial score (nSPS) is 25.4. The van der Waals surface area contributed by atoms with Crippen LogP contribution in [0.5, 0.6) is 0 Å². The first-order valence-electron chi connectivity index (χ1n) is 6.88. The molecule has 100 valence electrons. The zero-order valence-corrected chi connectivity index (χ0v) is 10.7. The van der Waals surface area contributed by atoms with Crippen LogP contribution in [0.2, 0.25) is 0 Å². The molecule has 3 rings (SSSR count). The molecule has 3 heterocycles. The minimum Gasteiger partial charge on any atom is -0.381 e. The van der Waals surface area contributed by atoms with Gasteiger partial charge in [-0.2, -0.15) is 5.10 Å². The molecule has 2 saturated heterocycles. The highest BCUT2D eigenvalue weighted by Crippen LogP contribution is 2.17. The van der Waals surface area contributed by atoms with Crippen molar-refractivity contribution >= 4 is 5.69 Å². The molecule has 18 heavy (non-hydrogen) atoms. The maximum Gasteiger partial charge on any atom is 0.0771 e. The number of hydrogen-bond acceptors (Lipinski definition) is 4. The first-order valence-corrected chi connectivity index (χ1v) is 6.88. The third-order valence-corrected chi connectivity index (χ3v) is 3.64. The topological polar surface area (TPSA) is 48.3 Å². The predicted molar refractivity (Wildman–Crippen MR) is 68.7 cm³/mol. The van der Waals surface area contributed by atoms with E-state index in [1.165, 1.54) is 6.42 Å². The van der Waals surface area contributed by atoms with Crippen molar-refractivity contribution in [2.45, 2.75) is 44.4 Å². The second kappa shape index (κ2) is 5.71. The Morgan fingerprint density at radius 1 is 1.28 bits per heavy atom. The summed E-state index contributed by atoms with van der Waals surface area (Å²) in [7, 11) is 0. The fourth-order valence-corrected chi connectivity index (χ4v) is 2.61. The summed E-state index contributed by atoms with van der Waals surface area (Å²) in [6, 6.07) is 0.527. The van der Waals surface area contributed by atoms with Crippen LogP contribution in [-0.4, -0.2) is 41.7 Å². The molecular formula is C13H21N3O2. The Bertz CT molecular complexity index is 368. The van der Waals surface area contributed by atoms with Crippen molar-refractivity contribution < 1.29 is 9.47 Å². The molecule has 0 aliphatic carbocycles. The van der Waals surface area contributed by atoms with Crippen molar-refractivity contribution in [1.82, 2.24) is 9.78 Å². The van der Waals surface area contributed by atoms with E-state index < -0.39 is 0 Å².